The number of phosphoric acid groups is 3. The minimum Gasteiger partial charge on any atom is -0.396 e. The number of anilines is 1. The molecule has 0 saturated carbocycles. The van der Waals surface area contributed by atoms with E-state index < -0.39 is 60.6 Å². The molecule has 1 aromatic heterocycles. The summed E-state index contributed by atoms with van der Waals surface area (Å²) in [7, 11) is -16.5. The maximum Gasteiger partial charge on any atom is 0.490 e. The summed E-state index contributed by atoms with van der Waals surface area (Å²) in [6.07, 6.45) is -0.581. The number of aliphatic hydroxyl groups excluding tert-OH is 1. The number of aliphatic hydroxyl groups is 1. The monoisotopic (exact) mass is 481 g/mol. The highest BCUT2D eigenvalue weighted by Gasteiger charge is 2.43. The van der Waals surface area contributed by atoms with E-state index in [1.165, 1.54) is 12.3 Å². The van der Waals surface area contributed by atoms with Gasteiger partial charge in [-0.15, -0.1) is 0 Å². The zero-order valence-corrected chi connectivity index (χ0v) is 17.0. The third-order valence-electron chi connectivity index (χ3n) is 3.58. The second-order valence-corrected chi connectivity index (χ2v) is 10.2. The second kappa shape index (κ2) is 9.02. The molecule has 16 nitrogen and oxygen atoms in total. The Morgan fingerprint density at radius 2 is 1.86 bits per heavy atom. The first kappa shape index (κ1) is 24.3. The zero-order chi connectivity index (χ0) is 22.0. The van der Waals surface area contributed by atoms with Gasteiger partial charge in [0.1, 0.15) is 12.0 Å². The van der Waals surface area contributed by atoms with Gasteiger partial charge in [-0.05, 0) is 6.07 Å². The van der Waals surface area contributed by atoms with Crippen molar-refractivity contribution in [2.45, 2.75) is 18.8 Å². The average Bonchev–Trinajstić information content (AvgIpc) is 2.92. The summed E-state index contributed by atoms with van der Waals surface area (Å²) >= 11 is 0. The highest BCUT2D eigenvalue weighted by Crippen LogP contribution is 2.66. The van der Waals surface area contributed by atoms with E-state index in [-0.39, 0.29) is 12.2 Å². The maximum absolute atomic E-state index is 11.9. The standard InChI is InChI=1S/C10H18N3O13P3/c11-8-1-2-13(10(15)12-8)9-3-6(4-14)7(24-9)5-23-28(19,20)26-29(21,22)25-27(16,17)18/h1-2,6-7,9,14H,3-5H2,(H,19,20)(H,21,22)(H2,11,12,15)(H2,16,17,18)/t6-,7-,9-/m1/s1. The Labute approximate surface area is 162 Å². The Bertz CT molecular complexity index is 931. The molecule has 1 aliphatic rings. The Balaban J connectivity index is 2.03. The predicted octanol–water partition coefficient (Wildman–Crippen LogP) is -0.935. The molecule has 1 aliphatic heterocycles. The summed E-state index contributed by atoms with van der Waals surface area (Å²) in [6.45, 7) is -1.21. The van der Waals surface area contributed by atoms with Crippen molar-refractivity contribution in [2.75, 3.05) is 18.9 Å². The number of hydrogen-bond donors (Lipinski definition) is 6. The van der Waals surface area contributed by atoms with Crippen LogP contribution in [0.15, 0.2) is 17.1 Å². The molecule has 19 heteroatoms. The van der Waals surface area contributed by atoms with Gasteiger partial charge in [0.25, 0.3) is 0 Å². The average molecular weight is 481 g/mol. The van der Waals surface area contributed by atoms with Crippen LogP contribution < -0.4 is 11.4 Å². The first-order chi connectivity index (χ1) is 13.2. The molecule has 2 heterocycles. The minimum atomic E-state index is -5.65. The third kappa shape index (κ3) is 7.33. The molecule has 0 bridgehead atoms. The predicted molar refractivity (Wildman–Crippen MR) is 91.8 cm³/mol. The smallest absolute Gasteiger partial charge is 0.396 e. The molecule has 0 aliphatic carbocycles. The van der Waals surface area contributed by atoms with Gasteiger partial charge in [-0.2, -0.15) is 13.6 Å². The molecule has 7 N–H and O–H groups in total. The molecule has 0 amide bonds. The fraction of sp³-hybridized carbons (Fsp3) is 0.600. The number of phosphoric ester groups is 1. The van der Waals surface area contributed by atoms with Crippen LogP contribution in [-0.2, 0) is 31.6 Å². The normalized spacial score (nSPS) is 26.7. The Morgan fingerprint density at radius 3 is 2.41 bits per heavy atom. The molecule has 2 rings (SSSR count). The van der Waals surface area contributed by atoms with Crippen molar-refractivity contribution in [1.82, 2.24) is 9.55 Å². The summed E-state index contributed by atoms with van der Waals surface area (Å²) in [5.74, 6) is -0.691. The van der Waals surface area contributed by atoms with Crippen molar-refractivity contribution in [2.24, 2.45) is 5.92 Å². The molecule has 1 saturated heterocycles. The molecule has 5 atom stereocenters. The summed E-state index contributed by atoms with van der Waals surface area (Å²) < 4.78 is 51.9. The summed E-state index contributed by atoms with van der Waals surface area (Å²) in [4.78, 5) is 50.9. The van der Waals surface area contributed by atoms with Crippen LogP contribution in [0.4, 0.5) is 5.82 Å². The van der Waals surface area contributed by atoms with E-state index >= 15 is 0 Å². The topological polar surface area (TPSA) is 250 Å². The first-order valence-corrected chi connectivity index (χ1v) is 12.1. The van der Waals surface area contributed by atoms with Crippen molar-refractivity contribution in [3.8, 4) is 0 Å². The first-order valence-electron chi connectivity index (χ1n) is 7.61. The van der Waals surface area contributed by atoms with E-state index in [1.807, 2.05) is 0 Å². The van der Waals surface area contributed by atoms with Gasteiger partial charge < -0.3 is 35.2 Å². The quantitative estimate of drug-likeness (QED) is 0.233. The van der Waals surface area contributed by atoms with E-state index in [0.29, 0.717) is 0 Å². The lowest BCUT2D eigenvalue weighted by atomic mass is 10.0. The van der Waals surface area contributed by atoms with Crippen LogP contribution in [0.3, 0.4) is 0 Å². The van der Waals surface area contributed by atoms with Crippen molar-refractivity contribution in [1.29, 1.82) is 0 Å². The van der Waals surface area contributed by atoms with E-state index in [4.69, 9.17) is 25.2 Å². The number of ether oxygens (including phenoxy) is 1. The number of nitrogens with two attached hydrogens (primary N) is 1. The van der Waals surface area contributed by atoms with E-state index in [2.05, 4.69) is 18.1 Å². The van der Waals surface area contributed by atoms with Crippen molar-refractivity contribution in [3.05, 3.63) is 22.7 Å². The molecular formula is C10H18N3O13P3. The van der Waals surface area contributed by atoms with Crippen molar-refractivity contribution < 1.29 is 56.3 Å². The van der Waals surface area contributed by atoms with Crippen LogP contribution in [0.25, 0.3) is 0 Å². The lowest BCUT2D eigenvalue weighted by Gasteiger charge is -2.20. The molecule has 2 unspecified atom stereocenters. The molecule has 166 valence electrons. The van der Waals surface area contributed by atoms with Gasteiger partial charge in [0.05, 0.1) is 12.7 Å². The van der Waals surface area contributed by atoms with E-state index in [9.17, 15) is 28.5 Å². The molecule has 0 radical (unpaired) electrons. The fourth-order valence-electron chi connectivity index (χ4n) is 2.44. The minimum absolute atomic E-state index is 0.0211. The van der Waals surface area contributed by atoms with Crippen LogP contribution in [0.5, 0.6) is 0 Å². The van der Waals surface area contributed by atoms with E-state index in [0.717, 1.165) is 4.57 Å². The second-order valence-electron chi connectivity index (χ2n) is 5.74. The van der Waals surface area contributed by atoms with Crippen LogP contribution in [0.1, 0.15) is 12.6 Å². The summed E-state index contributed by atoms with van der Waals surface area (Å²) in [6, 6.07) is 1.33. The number of hydrogen-bond acceptors (Lipinski definition) is 11. The Morgan fingerprint density at radius 1 is 1.21 bits per heavy atom. The number of nitrogen functional groups attached to an aromatic ring is 1. The summed E-state index contributed by atoms with van der Waals surface area (Å²) in [5, 5.41) is 9.45. The molecule has 0 aromatic carbocycles. The Hall–Kier alpha value is -0.990. The molecule has 0 spiro atoms. The van der Waals surface area contributed by atoms with Crippen molar-refractivity contribution in [3.63, 3.8) is 0 Å². The van der Waals surface area contributed by atoms with Gasteiger partial charge in [0.15, 0.2) is 0 Å². The molecule has 1 fully saturated rings. The number of rotatable bonds is 9. The maximum atomic E-state index is 11.9. The lowest BCUT2D eigenvalue weighted by Crippen LogP contribution is -2.28. The van der Waals surface area contributed by atoms with Gasteiger partial charge in [-0.3, -0.25) is 9.09 Å². The third-order valence-corrected chi connectivity index (χ3v) is 7.38. The highest BCUT2D eigenvalue weighted by molar-refractivity contribution is 7.66. The van der Waals surface area contributed by atoms with Crippen LogP contribution in [0.2, 0.25) is 0 Å². The van der Waals surface area contributed by atoms with Gasteiger partial charge in [-0.25, -0.2) is 18.5 Å². The van der Waals surface area contributed by atoms with Gasteiger partial charge in [0.2, 0.25) is 0 Å². The van der Waals surface area contributed by atoms with Gasteiger partial charge in [-0.1, -0.05) is 0 Å². The highest BCUT2D eigenvalue weighted by atomic mass is 31.3. The van der Waals surface area contributed by atoms with Crippen molar-refractivity contribution >= 4 is 29.3 Å². The lowest BCUT2D eigenvalue weighted by molar-refractivity contribution is -0.0359. The Kier molecular flexibility index (Phi) is 7.55. The van der Waals surface area contributed by atoms with Crippen LogP contribution in [-0.4, -0.2) is 53.5 Å². The number of aromatic nitrogens is 2. The largest absolute Gasteiger partial charge is 0.490 e. The zero-order valence-electron chi connectivity index (χ0n) is 14.3. The van der Waals surface area contributed by atoms with E-state index in [1.54, 1.807) is 0 Å². The SMILES string of the molecule is Nc1ccn([C@H]2C[C@H](CO)[C@@H](COP(=O)(O)OP(=O)(O)OP(=O)(O)O)O2)c(=O)n1. The van der Waals surface area contributed by atoms with Gasteiger partial charge >= 0.3 is 29.2 Å². The van der Waals surface area contributed by atoms with Crippen LogP contribution in [0, 0.1) is 5.92 Å². The summed E-state index contributed by atoms with van der Waals surface area (Å²) in [5.41, 5.74) is 4.65. The van der Waals surface area contributed by atoms with Crippen LogP contribution >= 0.6 is 23.5 Å². The number of nitrogens with zero attached hydrogens (tertiary/aromatic N) is 2. The fourth-order valence-corrected chi connectivity index (χ4v) is 5.47. The molecule has 1 aromatic rings. The molecule has 29 heavy (non-hydrogen) atoms. The molecular weight excluding hydrogens is 463 g/mol. The van der Waals surface area contributed by atoms with Gasteiger partial charge in [0, 0.05) is 25.1 Å².